The summed E-state index contributed by atoms with van der Waals surface area (Å²) in [6.45, 7) is 6.13. The zero-order valence-electron chi connectivity index (χ0n) is 44.9. The third kappa shape index (κ3) is 55.6. The van der Waals surface area contributed by atoms with Gasteiger partial charge in [-0.3, -0.25) is 14.4 Å². The average molecular weight is 975 g/mol. The number of rotatable bonds is 47. The van der Waals surface area contributed by atoms with Crippen LogP contribution in [0.3, 0.4) is 0 Å². The van der Waals surface area contributed by atoms with Crippen LogP contribution in [0, 0.1) is 0 Å². The minimum atomic E-state index is -0.861. The van der Waals surface area contributed by atoms with E-state index in [1.807, 2.05) is 6.08 Å². The summed E-state index contributed by atoms with van der Waals surface area (Å²) in [5, 5.41) is 0. The molecule has 6 heteroatoms. The summed E-state index contributed by atoms with van der Waals surface area (Å²) in [5.41, 5.74) is 0. The Bertz CT molecular complexity index is 1690. The summed E-state index contributed by atoms with van der Waals surface area (Å²) in [6, 6.07) is 0. The molecule has 0 spiro atoms. The Balaban J connectivity index is 4.60. The smallest absolute Gasteiger partial charge is 0.309 e. The first-order chi connectivity index (χ1) is 35.0. The molecule has 0 rings (SSSR count). The van der Waals surface area contributed by atoms with Crippen molar-refractivity contribution in [2.45, 2.75) is 207 Å². The lowest BCUT2D eigenvalue weighted by molar-refractivity contribution is -0.166. The van der Waals surface area contributed by atoms with E-state index in [9.17, 15) is 14.4 Å². The van der Waals surface area contributed by atoms with Crippen LogP contribution in [0.25, 0.3) is 0 Å². The molecule has 0 N–H and O–H groups in total. The van der Waals surface area contributed by atoms with Crippen LogP contribution in [0.15, 0.2) is 170 Å². The number of hydrogen-bond acceptors (Lipinski definition) is 6. The highest BCUT2D eigenvalue weighted by atomic mass is 16.6. The Labute approximate surface area is 434 Å². The summed E-state index contributed by atoms with van der Waals surface area (Å²) < 4.78 is 16.7. The zero-order valence-corrected chi connectivity index (χ0v) is 44.9. The maximum Gasteiger partial charge on any atom is 0.309 e. The number of allylic oxidation sites excluding steroid dienone is 27. The van der Waals surface area contributed by atoms with Crippen molar-refractivity contribution in [2.24, 2.45) is 0 Å². The molecule has 0 bridgehead atoms. The second-order valence-electron chi connectivity index (χ2n) is 17.4. The Morgan fingerprint density at radius 1 is 0.296 bits per heavy atom. The number of carbonyl (C=O) groups excluding carboxylic acids is 3. The van der Waals surface area contributed by atoms with Crippen molar-refractivity contribution in [3.05, 3.63) is 170 Å². The molecule has 0 radical (unpaired) electrons. The molecule has 0 amide bonds. The lowest BCUT2D eigenvalue weighted by atomic mass is 10.1. The normalized spacial score (nSPS) is 13.5. The van der Waals surface area contributed by atoms with Crippen LogP contribution in [0.1, 0.15) is 201 Å². The van der Waals surface area contributed by atoms with Crippen LogP contribution in [0.4, 0.5) is 0 Å². The highest BCUT2D eigenvalue weighted by Gasteiger charge is 2.19. The first-order valence-electron chi connectivity index (χ1n) is 27.6. The second-order valence-corrected chi connectivity index (χ2v) is 17.4. The van der Waals surface area contributed by atoms with Crippen LogP contribution < -0.4 is 0 Å². The largest absolute Gasteiger partial charge is 0.462 e. The molecular weight excluding hydrogens is 877 g/mol. The van der Waals surface area contributed by atoms with Gasteiger partial charge in [-0.1, -0.05) is 229 Å². The van der Waals surface area contributed by atoms with Crippen molar-refractivity contribution >= 4 is 17.9 Å². The van der Waals surface area contributed by atoms with Gasteiger partial charge < -0.3 is 14.2 Å². The van der Waals surface area contributed by atoms with Crippen molar-refractivity contribution in [1.29, 1.82) is 0 Å². The van der Waals surface area contributed by atoms with E-state index in [0.717, 1.165) is 116 Å². The van der Waals surface area contributed by atoms with E-state index in [-0.39, 0.29) is 32.0 Å². The van der Waals surface area contributed by atoms with Gasteiger partial charge in [0.25, 0.3) is 0 Å². The number of hydrogen-bond donors (Lipinski definition) is 0. The van der Waals surface area contributed by atoms with E-state index >= 15 is 0 Å². The number of unbranched alkanes of at least 4 members (excludes halogenated alkanes) is 9. The second kappa shape index (κ2) is 57.3. The van der Waals surface area contributed by atoms with Gasteiger partial charge >= 0.3 is 17.9 Å². The fraction of sp³-hybridized carbons (Fsp3) is 0.523. The number of carbonyl (C=O) groups is 3. The molecule has 71 heavy (non-hydrogen) atoms. The van der Waals surface area contributed by atoms with Crippen molar-refractivity contribution in [3.63, 3.8) is 0 Å². The van der Waals surface area contributed by atoms with Gasteiger partial charge in [0.2, 0.25) is 0 Å². The minimum Gasteiger partial charge on any atom is -0.462 e. The van der Waals surface area contributed by atoms with Gasteiger partial charge in [-0.05, 0) is 122 Å². The van der Waals surface area contributed by atoms with Crippen LogP contribution >= 0.6 is 0 Å². The zero-order chi connectivity index (χ0) is 51.4. The molecule has 0 saturated heterocycles. The fourth-order valence-electron chi connectivity index (χ4n) is 6.72. The summed E-state index contributed by atoms with van der Waals surface area (Å²) in [5.74, 6) is -1.16. The lowest BCUT2D eigenvalue weighted by Gasteiger charge is -2.18. The monoisotopic (exact) mass is 975 g/mol. The third-order valence-corrected chi connectivity index (χ3v) is 10.7. The van der Waals surface area contributed by atoms with Crippen LogP contribution in [0.2, 0.25) is 0 Å². The van der Waals surface area contributed by atoms with Crippen LogP contribution in [-0.2, 0) is 28.6 Å². The topological polar surface area (TPSA) is 78.9 Å². The molecule has 0 fully saturated rings. The Kier molecular flexibility index (Phi) is 53.1. The molecule has 0 saturated carbocycles. The molecule has 0 aromatic carbocycles. The molecule has 1 unspecified atom stereocenters. The summed E-state index contributed by atoms with van der Waals surface area (Å²) in [4.78, 5) is 38.1. The molecule has 0 heterocycles. The molecule has 1 atom stereocenters. The molecule has 394 valence electrons. The SMILES string of the molecule is CC/C=C\C/C=C\C/C=C\C/C=C\C/C=C\CCCC(=O)OC(COC(=O)C/C=C\C/C=C\C/C=C\C/C=C\C/C=C\CC)COC(=O)CCCCCCCCCC/C=C\C/C=C\C/C=C\C/C=C\CC. The standard InChI is InChI=1S/C65H98O6/c1-4-7-10-13-16-19-22-25-28-30-31-32-33-35-37-40-43-46-49-52-55-58-64(67)70-61-62(60-69-63(66)57-54-51-48-45-42-39-36-27-24-21-18-15-12-9-6-3)71-65(68)59-56-53-50-47-44-41-38-34-29-26-23-20-17-14-11-8-5-2/h7-12,16-21,25-29,31-32,36,38,41-42,45,47,50-51,54,62H,4-6,13-15,22-24,30,33-35,37,39-40,43-44,46,48-49,52-53,55-61H2,1-3H3/b10-7-,11-8-,12-9-,19-16-,20-17-,21-18-,28-25-,29-26-,32-31-,36-27-,41-38-,45-42-,50-47-,54-51-. The molecule has 6 nitrogen and oxygen atoms in total. The van der Waals surface area contributed by atoms with E-state index in [1.165, 1.54) is 32.1 Å². The molecule has 0 aliphatic rings. The highest BCUT2D eigenvalue weighted by Crippen LogP contribution is 2.12. The van der Waals surface area contributed by atoms with Crippen molar-refractivity contribution < 1.29 is 28.6 Å². The van der Waals surface area contributed by atoms with E-state index in [4.69, 9.17) is 14.2 Å². The Hall–Kier alpha value is -5.23. The minimum absolute atomic E-state index is 0.104. The van der Waals surface area contributed by atoms with Gasteiger partial charge in [0.1, 0.15) is 13.2 Å². The van der Waals surface area contributed by atoms with E-state index in [2.05, 4.69) is 179 Å². The lowest BCUT2D eigenvalue weighted by Crippen LogP contribution is -2.30. The Morgan fingerprint density at radius 2 is 0.577 bits per heavy atom. The van der Waals surface area contributed by atoms with Crippen molar-refractivity contribution in [2.75, 3.05) is 13.2 Å². The van der Waals surface area contributed by atoms with Crippen molar-refractivity contribution in [3.8, 4) is 0 Å². The van der Waals surface area contributed by atoms with Gasteiger partial charge in [-0.2, -0.15) is 0 Å². The van der Waals surface area contributed by atoms with Gasteiger partial charge in [0, 0.05) is 12.8 Å². The average Bonchev–Trinajstić information content (AvgIpc) is 3.37. The van der Waals surface area contributed by atoms with E-state index in [0.29, 0.717) is 19.3 Å². The number of esters is 3. The van der Waals surface area contributed by atoms with Gasteiger partial charge in [-0.15, -0.1) is 0 Å². The van der Waals surface area contributed by atoms with E-state index in [1.54, 1.807) is 6.08 Å². The van der Waals surface area contributed by atoms with Crippen LogP contribution in [-0.4, -0.2) is 37.2 Å². The van der Waals surface area contributed by atoms with Crippen LogP contribution in [0.5, 0.6) is 0 Å². The van der Waals surface area contributed by atoms with Crippen molar-refractivity contribution in [1.82, 2.24) is 0 Å². The molecule has 0 aliphatic carbocycles. The molecule has 0 aliphatic heterocycles. The fourth-order valence-corrected chi connectivity index (χ4v) is 6.72. The maximum absolute atomic E-state index is 12.8. The number of ether oxygens (including phenoxy) is 3. The highest BCUT2D eigenvalue weighted by molar-refractivity contribution is 5.72. The van der Waals surface area contributed by atoms with E-state index < -0.39 is 18.0 Å². The van der Waals surface area contributed by atoms with Gasteiger partial charge in [0.15, 0.2) is 6.10 Å². The predicted octanol–water partition coefficient (Wildman–Crippen LogP) is 18.8. The summed E-state index contributed by atoms with van der Waals surface area (Å²) in [6.07, 6.45) is 85.1. The first kappa shape index (κ1) is 65.8. The van der Waals surface area contributed by atoms with Gasteiger partial charge in [-0.25, -0.2) is 0 Å². The third-order valence-electron chi connectivity index (χ3n) is 10.7. The molecule has 0 aromatic rings. The predicted molar refractivity (Wildman–Crippen MR) is 306 cm³/mol. The summed E-state index contributed by atoms with van der Waals surface area (Å²) in [7, 11) is 0. The van der Waals surface area contributed by atoms with Gasteiger partial charge in [0.05, 0.1) is 6.42 Å². The Morgan fingerprint density at radius 3 is 0.958 bits per heavy atom. The summed E-state index contributed by atoms with van der Waals surface area (Å²) >= 11 is 0. The quantitative estimate of drug-likeness (QED) is 0.0262. The molecular formula is C65H98O6. The molecule has 0 aromatic heterocycles. The maximum atomic E-state index is 12.8. The first-order valence-corrected chi connectivity index (χ1v) is 27.6.